The zero-order chi connectivity index (χ0) is 14.3. The van der Waals surface area contributed by atoms with Crippen LogP contribution in [-0.4, -0.2) is 44.4 Å². The summed E-state index contributed by atoms with van der Waals surface area (Å²) in [5.41, 5.74) is 1.18. The van der Waals surface area contributed by atoms with Gasteiger partial charge in [-0.1, -0.05) is 0 Å². The van der Waals surface area contributed by atoms with Gasteiger partial charge in [-0.05, 0) is 19.4 Å². The molecule has 0 aromatic carbocycles. The number of sulfone groups is 1. The lowest BCUT2D eigenvalue weighted by Crippen LogP contribution is -2.26. The van der Waals surface area contributed by atoms with Crippen LogP contribution in [0.2, 0.25) is 0 Å². The fourth-order valence-corrected chi connectivity index (χ4v) is 2.22. The third-order valence-electron chi connectivity index (χ3n) is 2.41. The van der Waals surface area contributed by atoms with Crippen molar-refractivity contribution in [3.8, 4) is 0 Å². The van der Waals surface area contributed by atoms with Gasteiger partial charge in [0.1, 0.15) is 9.84 Å². The normalized spacial score (nSPS) is 11.1. The first-order chi connectivity index (χ1) is 8.94. The summed E-state index contributed by atoms with van der Waals surface area (Å²) in [6.45, 7) is 2.96. The Morgan fingerprint density at radius 3 is 2.79 bits per heavy atom. The number of nitrogens with zero attached hydrogens (tertiary/aromatic N) is 1. The molecular weight excluding hydrogens is 266 g/mol. The second kappa shape index (κ2) is 7.08. The number of hydrogen-bond acceptors (Lipinski definition) is 5. The van der Waals surface area contributed by atoms with E-state index in [-0.39, 0.29) is 11.7 Å². The summed E-state index contributed by atoms with van der Waals surface area (Å²) in [6, 6.07) is 1.63. The predicted octanol–water partition coefficient (Wildman–Crippen LogP) is 0.678. The summed E-state index contributed by atoms with van der Waals surface area (Å²) in [7, 11) is -2.98. The molecule has 0 atom stereocenters. The quantitative estimate of drug-likeness (QED) is 0.719. The highest BCUT2D eigenvalue weighted by molar-refractivity contribution is 7.90. The second-order valence-corrected chi connectivity index (χ2v) is 6.45. The molecule has 106 valence electrons. The van der Waals surface area contributed by atoms with Crippen molar-refractivity contribution in [2.45, 2.75) is 13.3 Å². The van der Waals surface area contributed by atoms with E-state index in [2.05, 4.69) is 15.6 Å². The zero-order valence-electron chi connectivity index (χ0n) is 11.1. The Bertz CT molecular complexity index is 529. The van der Waals surface area contributed by atoms with Gasteiger partial charge in [-0.15, -0.1) is 0 Å². The molecule has 19 heavy (non-hydrogen) atoms. The molecule has 0 saturated carbocycles. The lowest BCUT2D eigenvalue weighted by Gasteiger charge is -2.10. The first kappa shape index (κ1) is 15.4. The molecule has 6 nitrogen and oxygen atoms in total. The van der Waals surface area contributed by atoms with Gasteiger partial charge in [-0.3, -0.25) is 9.78 Å². The SMILES string of the molecule is CCNc1cnccc1C(=O)NCCCS(C)(=O)=O. The lowest BCUT2D eigenvalue weighted by molar-refractivity contribution is 0.0954. The molecule has 0 unspecified atom stereocenters. The minimum absolute atomic E-state index is 0.0731. The minimum Gasteiger partial charge on any atom is -0.383 e. The van der Waals surface area contributed by atoms with Gasteiger partial charge in [0.25, 0.3) is 5.91 Å². The molecule has 1 amide bonds. The van der Waals surface area contributed by atoms with Crippen LogP contribution in [0, 0.1) is 0 Å². The van der Waals surface area contributed by atoms with Crippen LogP contribution in [0.3, 0.4) is 0 Å². The first-order valence-electron chi connectivity index (χ1n) is 6.08. The Morgan fingerprint density at radius 1 is 1.42 bits per heavy atom. The molecule has 0 fully saturated rings. The predicted molar refractivity (Wildman–Crippen MR) is 75.1 cm³/mol. The largest absolute Gasteiger partial charge is 0.383 e. The molecule has 1 aromatic heterocycles. The van der Waals surface area contributed by atoms with Gasteiger partial charge in [0.2, 0.25) is 0 Å². The van der Waals surface area contributed by atoms with E-state index in [4.69, 9.17) is 0 Å². The van der Waals surface area contributed by atoms with Crippen molar-refractivity contribution >= 4 is 21.4 Å². The topological polar surface area (TPSA) is 88.2 Å². The highest BCUT2D eigenvalue weighted by atomic mass is 32.2. The molecule has 0 radical (unpaired) electrons. The fraction of sp³-hybridized carbons (Fsp3) is 0.500. The minimum atomic E-state index is -2.98. The molecule has 0 saturated heterocycles. The van der Waals surface area contributed by atoms with E-state index in [1.165, 1.54) is 6.26 Å². The Labute approximate surface area is 113 Å². The van der Waals surface area contributed by atoms with Crippen molar-refractivity contribution in [1.82, 2.24) is 10.3 Å². The maximum Gasteiger partial charge on any atom is 0.253 e. The van der Waals surface area contributed by atoms with Gasteiger partial charge >= 0.3 is 0 Å². The Hall–Kier alpha value is -1.63. The van der Waals surface area contributed by atoms with Gasteiger partial charge in [0.15, 0.2) is 0 Å². The molecule has 0 aliphatic rings. The number of carbonyl (C=O) groups excluding carboxylic acids is 1. The average molecular weight is 285 g/mol. The van der Waals surface area contributed by atoms with E-state index in [1.807, 2.05) is 6.92 Å². The van der Waals surface area contributed by atoms with Crippen molar-refractivity contribution in [3.05, 3.63) is 24.0 Å². The van der Waals surface area contributed by atoms with Crippen molar-refractivity contribution in [2.75, 3.05) is 30.4 Å². The lowest BCUT2D eigenvalue weighted by atomic mass is 10.2. The van der Waals surface area contributed by atoms with Gasteiger partial charge in [-0.2, -0.15) is 0 Å². The van der Waals surface area contributed by atoms with Crippen LogP contribution in [0.1, 0.15) is 23.7 Å². The van der Waals surface area contributed by atoms with E-state index in [0.717, 1.165) is 0 Å². The molecular formula is C12H19N3O3S. The molecule has 7 heteroatoms. The summed E-state index contributed by atoms with van der Waals surface area (Å²) in [6.07, 6.45) is 4.73. The van der Waals surface area contributed by atoms with Gasteiger partial charge in [0.05, 0.1) is 23.2 Å². The summed E-state index contributed by atoms with van der Waals surface area (Å²) in [5, 5.41) is 5.75. The van der Waals surface area contributed by atoms with Crippen LogP contribution in [0.15, 0.2) is 18.5 Å². The monoisotopic (exact) mass is 285 g/mol. The van der Waals surface area contributed by atoms with Crippen LogP contribution in [0.25, 0.3) is 0 Å². The number of anilines is 1. The van der Waals surface area contributed by atoms with Crippen LogP contribution < -0.4 is 10.6 Å². The number of carbonyl (C=O) groups is 1. The standard InChI is InChI=1S/C12H19N3O3S/c1-3-14-11-9-13-7-5-10(11)12(16)15-6-4-8-19(2,17)18/h5,7,9,14H,3-4,6,8H2,1-2H3,(H,15,16). The highest BCUT2D eigenvalue weighted by Crippen LogP contribution is 2.12. The number of hydrogen-bond donors (Lipinski definition) is 2. The molecule has 0 bridgehead atoms. The third kappa shape index (κ3) is 5.69. The van der Waals surface area contributed by atoms with Crippen LogP contribution >= 0.6 is 0 Å². The Morgan fingerprint density at radius 2 is 2.16 bits per heavy atom. The van der Waals surface area contributed by atoms with Crippen molar-refractivity contribution in [1.29, 1.82) is 0 Å². The molecule has 0 spiro atoms. The van der Waals surface area contributed by atoms with Crippen molar-refractivity contribution in [2.24, 2.45) is 0 Å². The smallest absolute Gasteiger partial charge is 0.253 e. The van der Waals surface area contributed by atoms with Crippen molar-refractivity contribution in [3.63, 3.8) is 0 Å². The average Bonchev–Trinajstić information content (AvgIpc) is 2.34. The number of pyridine rings is 1. The van der Waals surface area contributed by atoms with E-state index < -0.39 is 9.84 Å². The highest BCUT2D eigenvalue weighted by Gasteiger charge is 2.10. The molecule has 1 rings (SSSR count). The summed E-state index contributed by atoms with van der Waals surface area (Å²) in [4.78, 5) is 15.9. The number of aromatic nitrogens is 1. The zero-order valence-corrected chi connectivity index (χ0v) is 12.0. The van der Waals surface area contributed by atoms with E-state index in [0.29, 0.717) is 30.8 Å². The second-order valence-electron chi connectivity index (χ2n) is 4.19. The van der Waals surface area contributed by atoms with Gasteiger partial charge in [-0.25, -0.2) is 8.42 Å². The molecule has 1 heterocycles. The Kier molecular flexibility index (Phi) is 5.75. The molecule has 2 N–H and O–H groups in total. The van der Waals surface area contributed by atoms with E-state index >= 15 is 0 Å². The molecule has 1 aromatic rings. The third-order valence-corrected chi connectivity index (χ3v) is 3.44. The summed E-state index contributed by atoms with van der Waals surface area (Å²) in [5.74, 6) is -0.157. The van der Waals surface area contributed by atoms with Crippen LogP contribution in [0.5, 0.6) is 0 Å². The fourth-order valence-electron chi connectivity index (χ4n) is 1.56. The van der Waals surface area contributed by atoms with E-state index in [9.17, 15) is 13.2 Å². The molecule has 0 aliphatic carbocycles. The number of rotatable bonds is 7. The van der Waals surface area contributed by atoms with Crippen LogP contribution in [-0.2, 0) is 9.84 Å². The first-order valence-corrected chi connectivity index (χ1v) is 8.14. The number of amides is 1. The van der Waals surface area contributed by atoms with Crippen LogP contribution in [0.4, 0.5) is 5.69 Å². The van der Waals surface area contributed by atoms with Crippen molar-refractivity contribution < 1.29 is 13.2 Å². The summed E-state index contributed by atoms with van der Waals surface area (Å²) < 4.78 is 21.9. The molecule has 0 aliphatic heterocycles. The van der Waals surface area contributed by atoms with Gasteiger partial charge in [0, 0.05) is 25.5 Å². The maximum absolute atomic E-state index is 11.9. The van der Waals surface area contributed by atoms with Gasteiger partial charge < -0.3 is 10.6 Å². The summed E-state index contributed by atoms with van der Waals surface area (Å²) >= 11 is 0. The Balaban J connectivity index is 2.54. The number of nitrogens with one attached hydrogen (secondary N) is 2. The van der Waals surface area contributed by atoms with E-state index in [1.54, 1.807) is 18.5 Å². The maximum atomic E-state index is 11.9.